The summed E-state index contributed by atoms with van der Waals surface area (Å²) in [5.74, 6) is -0.896. The number of alkyl halides is 3. The molecule has 2 rings (SSSR count). The predicted molar refractivity (Wildman–Crippen MR) is 101 cm³/mol. The summed E-state index contributed by atoms with van der Waals surface area (Å²) in [5.41, 5.74) is 0.512. The molecule has 1 amide bonds. The Morgan fingerprint density at radius 3 is 2.31 bits per heavy atom. The Morgan fingerprint density at radius 1 is 1.04 bits per heavy atom. The average molecular weight is 437 g/mol. The molecular weight excluding hydrogens is 424 g/mol. The van der Waals surface area contributed by atoms with Crippen LogP contribution in [0.1, 0.15) is 20.7 Å². The Kier molecular flexibility index (Phi) is 7.01. The standard InChI is InChI=1S/C17H13Cl4NO4/c1-25-15(24)11-5-3-7-13(9-11)26-16(17(19,20)21)22-14(23)10-4-2-6-12(18)8-10/h2-9,16H,1H3,(H,22,23)/t16-/m0/s1. The second-order valence-corrected chi connectivity index (χ2v) is 7.85. The van der Waals surface area contributed by atoms with E-state index in [9.17, 15) is 9.59 Å². The molecule has 2 aromatic carbocycles. The second-order valence-electron chi connectivity index (χ2n) is 5.04. The normalized spacial score (nSPS) is 12.2. The number of benzene rings is 2. The topological polar surface area (TPSA) is 64.6 Å². The number of methoxy groups -OCH3 is 1. The van der Waals surface area contributed by atoms with Crippen molar-refractivity contribution in [3.8, 4) is 5.75 Å². The summed E-state index contributed by atoms with van der Waals surface area (Å²) in [6.45, 7) is 0. The van der Waals surface area contributed by atoms with E-state index in [2.05, 4.69) is 10.1 Å². The van der Waals surface area contributed by atoms with E-state index in [-0.39, 0.29) is 16.9 Å². The third-order valence-electron chi connectivity index (χ3n) is 3.16. The number of carbonyl (C=O) groups is 2. The van der Waals surface area contributed by atoms with Crippen molar-refractivity contribution in [1.82, 2.24) is 5.32 Å². The van der Waals surface area contributed by atoms with E-state index in [0.29, 0.717) is 5.02 Å². The monoisotopic (exact) mass is 435 g/mol. The molecule has 1 atom stereocenters. The molecule has 1 N–H and O–H groups in total. The molecule has 5 nitrogen and oxygen atoms in total. The van der Waals surface area contributed by atoms with E-state index in [4.69, 9.17) is 51.1 Å². The fourth-order valence-electron chi connectivity index (χ4n) is 1.96. The second kappa shape index (κ2) is 8.82. The maximum absolute atomic E-state index is 12.4. The summed E-state index contributed by atoms with van der Waals surface area (Å²) in [6, 6.07) is 12.3. The Bertz CT molecular complexity index is 807. The van der Waals surface area contributed by atoms with Crippen molar-refractivity contribution in [2.75, 3.05) is 7.11 Å². The molecule has 138 valence electrons. The lowest BCUT2D eigenvalue weighted by molar-refractivity contribution is 0.0598. The number of esters is 1. The first-order chi connectivity index (χ1) is 12.2. The number of hydrogen-bond acceptors (Lipinski definition) is 4. The maximum Gasteiger partial charge on any atom is 0.337 e. The van der Waals surface area contributed by atoms with Gasteiger partial charge in [-0.3, -0.25) is 4.79 Å². The highest BCUT2D eigenvalue weighted by Gasteiger charge is 2.36. The summed E-state index contributed by atoms with van der Waals surface area (Å²) < 4.78 is 8.23. The van der Waals surface area contributed by atoms with Crippen molar-refractivity contribution in [3.63, 3.8) is 0 Å². The molecule has 0 saturated heterocycles. The van der Waals surface area contributed by atoms with Gasteiger partial charge in [0.25, 0.3) is 5.91 Å². The van der Waals surface area contributed by atoms with Gasteiger partial charge in [0.05, 0.1) is 12.7 Å². The summed E-state index contributed by atoms with van der Waals surface area (Å²) in [4.78, 5) is 24.0. The highest BCUT2D eigenvalue weighted by Crippen LogP contribution is 2.32. The van der Waals surface area contributed by atoms with Gasteiger partial charge < -0.3 is 14.8 Å². The summed E-state index contributed by atoms with van der Waals surface area (Å²) >= 11 is 23.6. The molecule has 26 heavy (non-hydrogen) atoms. The van der Waals surface area contributed by atoms with Crippen molar-refractivity contribution in [1.29, 1.82) is 0 Å². The summed E-state index contributed by atoms with van der Waals surface area (Å²) in [7, 11) is 1.26. The molecule has 0 spiro atoms. The third kappa shape index (κ3) is 5.68. The van der Waals surface area contributed by atoms with Crippen LogP contribution in [0.15, 0.2) is 48.5 Å². The zero-order chi connectivity index (χ0) is 19.3. The number of amides is 1. The van der Waals surface area contributed by atoms with Gasteiger partial charge in [0.15, 0.2) is 0 Å². The number of carbonyl (C=O) groups excluding carboxylic acids is 2. The minimum atomic E-state index is -1.98. The van der Waals surface area contributed by atoms with Gasteiger partial charge in [-0.15, -0.1) is 0 Å². The van der Waals surface area contributed by atoms with Crippen molar-refractivity contribution >= 4 is 58.3 Å². The Hall–Kier alpha value is -1.66. The van der Waals surface area contributed by atoms with Crippen molar-refractivity contribution in [2.45, 2.75) is 10.0 Å². The summed E-state index contributed by atoms with van der Waals surface area (Å²) in [6.07, 6.45) is -1.33. The molecule has 0 aliphatic heterocycles. The van der Waals surface area contributed by atoms with Gasteiger partial charge in [-0.1, -0.05) is 58.5 Å². The number of hydrogen-bond donors (Lipinski definition) is 1. The molecule has 0 unspecified atom stereocenters. The maximum atomic E-state index is 12.4. The highest BCUT2D eigenvalue weighted by molar-refractivity contribution is 6.68. The number of halogens is 4. The SMILES string of the molecule is COC(=O)c1cccc(O[C@H](NC(=O)c2cccc(Cl)c2)C(Cl)(Cl)Cl)c1. The van der Waals surface area contributed by atoms with Crippen LogP contribution in [0.2, 0.25) is 5.02 Å². The zero-order valence-corrected chi connectivity index (χ0v) is 16.4. The lowest BCUT2D eigenvalue weighted by atomic mass is 10.2. The van der Waals surface area contributed by atoms with Gasteiger partial charge >= 0.3 is 5.97 Å². The molecular formula is C17H13Cl4NO4. The molecule has 0 aromatic heterocycles. The lowest BCUT2D eigenvalue weighted by Gasteiger charge is -2.26. The largest absolute Gasteiger partial charge is 0.466 e. The van der Waals surface area contributed by atoms with E-state index >= 15 is 0 Å². The number of nitrogens with one attached hydrogen (secondary N) is 1. The van der Waals surface area contributed by atoms with E-state index < -0.39 is 21.9 Å². The Balaban J connectivity index is 2.21. The molecule has 0 bridgehead atoms. The van der Waals surface area contributed by atoms with Crippen molar-refractivity contribution in [2.24, 2.45) is 0 Å². The van der Waals surface area contributed by atoms with E-state index in [0.717, 1.165) is 0 Å². The van der Waals surface area contributed by atoms with Gasteiger partial charge in [0.1, 0.15) is 5.75 Å². The minimum Gasteiger partial charge on any atom is -0.466 e. The Morgan fingerprint density at radius 2 is 1.69 bits per heavy atom. The van der Waals surface area contributed by atoms with E-state index in [1.54, 1.807) is 30.3 Å². The third-order valence-corrected chi connectivity index (χ3v) is 3.99. The van der Waals surface area contributed by atoms with Crippen LogP contribution in [0.5, 0.6) is 5.75 Å². The predicted octanol–water partition coefficient (Wildman–Crippen LogP) is 4.63. The van der Waals surface area contributed by atoms with Crippen LogP contribution in [0.4, 0.5) is 0 Å². The van der Waals surface area contributed by atoms with E-state index in [1.807, 2.05) is 0 Å². The summed E-state index contributed by atoms with van der Waals surface area (Å²) in [5, 5.41) is 2.86. The van der Waals surface area contributed by atoms with Gasteiger partial charge in [-0.25, -0.2) is 4.79 Å². The van der Waals surface area contributed by atoms with Crippen LogP contribution < -0.4 is 10.1 Å². The number of ether oxygens (including phenoxy) is 2. The molecule has 0 aliphatic rings. The van der Waals surface area contributed by atoms with Crippen LogP contribution in [-0.2, 0) is 4.74 Å². The lowest BCUT2D eigenvalue weighted by Crippen LogP contribution is -2.47. The molecule has 2 aromatic rings. The zero-order valence-electron chi connectivity index (χ0n) is 13.3. The first-order valence-electron chi connectivity index (χ1n) is 7.19. The van der Waals surface area contributed by atoms with Gasteiger partial charge in [-0.2, -0.15) is 0 Å². The minimum absolute atomic E-state index is 0.204. The number of rotatable bonds is 5. The highest BCUT2D eigenvalue weighted by atomic mass is 35.6. The molecule has 0 aliphatic carbocycles. The van der Waals surface area contributed by atoms with Crippen molar-refractivity contribution < 1.29 is 19.1 Å². The molecule has 0 fully saturated rings. The van der Waals surface area contributed by atoms with Gasteiger partial charge in [0, 0.05) is 10.6 Å². The van der Waals surface area contributed by atoms with E-state index in [1.165, 1.54) is 25.3 Å². The van der Waals surface area contributed by atoms with Gasteiger partial charge in [-0.05, 0) is 36.4 Å². The van der Waals surface area contributed by atoms with Crippen LogP contribution in [-0.4, -0.2) is 29.0 Å². The first-order valence-corrected chi connectivity index (χ1v) is 8.70. The quantitative estimate of drug-likeness (QED) is 0.421. The van der Waals surface area contributed by atoms with Gasteiger partial charge in [0.2, 0.25) is 10.0 Å². The molecule has 0 saturated carbocycles. The average Bonchev–Trinajstić information content (AvgIpc) is 2.59. The Labute approximate surface area is 170 Å². The molecule has 0 radical (unpaired) electrons. The van der Waals surface area contributed by atoms with Crippen molar-refractivity contribution in [3.05, 3.63) is 64.7 Å². The van der Waals surface area contributed by atoms with Crippen LogP contribution in [0, 0.1) is 0 Å². The fourth-order valence-corrected chi connectivity index (χ4v) is 2.45. The van der Waals surface area contributed by atoms with Crippen LogP contribution in [0.3, 0.4) is 0 Å². The molecule has 0 heterocycles. The molecule has 9 heteroatoms. The first kappa shape index (κ1) is 20.6. The fraction of sp³-hybridized carbons (Fsp3) is 0.176. The smallest absolute Gasteiger partial charge is 0.337 e. The van der Waals surface area contributed by atoms with Crippen LogP contribution in [0.25, 0.3) is 0 Å². The van der Waals surface area contributed by atoms with Crippen LogP contribution >= 0.6 is 46.4 Å².